The van der Waals surface area contributed by atoms with Crippen molar-refractivity contribution in [1.82, 2.24) is 14.8 Å². The van der Waals surface area contributed by atoms with Crippen LogP contribution in [-0.2, 0) is 0 Å². The van der Waals surface area contributed by atoms with Gasteiger partial charge in [0.1, 0.15) is 17.5 Å². The van der Waals surface area contributed by atoms with Crippen molar-refractivity contribution in [3.63, 3.8) is 0 Å². The van der Waals surface area contributed by atoms with Crippen molar-refractivity contribution in [2.75, 3.05) is 5.32 Å². The normalized spacial score (nSPS) is 10.8. The molecule has 0 saturated carbocycles. The van der Waals surface area contributed by atoms with Gasteiger partial charge in [0.2, 0.25) is 0 Å². The first-order valence-electron chi connectivity index (χ1n) is 6.99. The van der Waals surface area contributed by atoms with Gasteiger partial charge in [0.15, 0.2) is 5.82 Å². The summed E-state index contributed by atoms with van der Waals surface area (Å²) in [5, 5.41) is 7.29. The second-order valence-corrected chi connectivity index (χ2v) is 5.96. The van der Waals surface area contributed by atoms with Crippen LogP contribution in [0.25, 0.3) is 5.82 Å². The lowest BCUT2D eigenvalue weighted by Gasteiger charge is -2.10. The Kier molecular flexibility index (Phi) is 4.69. The number of anilines is 1. The molecular formula is C16H10Cl2F2N4O. The fraction of sp³-hybridized carbons (Fsp3) is 0.0625. The average Bonchev–Trinajstić information content (AvgIpc) is 2.87. The number of nitrogens with one attached hydrogen (secondary N) is 1. The van der Waals surface area contributed by atoms with Crippen LogP contribution in [0, 0.1) is 18.6 Å². The molecule has 0 bridgehead atoms. The number of aromatic nitrogens is 3. The van der Waals surface area contributed by atoms with Crippen LogP contribution in [0.15, 0.2) is 36.5 Å². The van der Waals surface area contributed by atoms with E-state index in [4.69, 9.17) is 23.2 Å². The largest absolute Gasteiger partial charge is 0.306 e. The molecule has 0 spiro atoms. The zero-order valence-corrected chi connectivity index (χ0v) is 14.2. The van der Waals surface area contributed by atoms with Gasteiger partial charge in [-0.3, -0.25) is 4.79 Å². The van der Waals surface area contributed by atoms with Crippen LogP contribution in [0.3, 0.4) is 0 Å². The Morgan fingerprint density at radius 2 is 1.96 bits per heavy atom. The Morgan fingerprint density at radius 3 is 2.64 bits per heavy atom. The van der Waals surface area contributed by atoms with E-state index in [1.807, 2.05) is 0 Å². The molecule has 2 aromatic heterocycles. The highest BCUT2D eigenvalue weighted by Gasteiger charge is 2.18. The zero-order chi connectivity index (χ0) is 18.1. The molecule has 3 rings (SSSR count). The predicted molar refractivity (Wildman–Crippen MR) is 90.4 cm³/mol. The Bertz CT molecular complexity index is 975. The van der Waals surface area contributed by atoms with E-state index in [0.717, 1.165) is 12.1 Å². The number of amides is 1. The third kappa shape index (κ3) is 3.62. The molecular weight excluding hydrogens is 373 g/mol. The van der Waals surface area contributed by atoms with E-state index < -0.39 is 17.5 Å². The van der Waals surface area contributed by atoms with Gasteiger partial charge >= 0.3 is 0 Å². The van der Waals surface area contributed by atoms with Crippen molar-refractivity contribution < 1.29 is 13.6 Å². The molecule has 0 aliphatic carbocycles. The number of benzene rings is 1. The van der Waals surface area contributed by atoms with E-state index in [9.17, 15) is 13.6 Å². The summed E-state index contributed by atoms with van der Waals surface area (Å²) < 4.78 is 28.1. The maximum Gasteiger partial charge on any atom is 0.259 e. The fourth-order valence-corrected chi connectivity index (χ4v) is 2.63. The van der Waals surface area contributed by atoms with Crippen LogP contribution in [0.5, 0.6) is 0 Å². The second-order valence-electron chi connectivity index (χ2n) is 5.12. The lowest BCUT2D eigenvalue weighted by atomic mass is 10.2. The molecule has 0 saturated heterocycles. The first kappa shape index (κ1) is 17.3. The summed E-state index contributed by atoms with van der Waals surface area (Å²) in [6, 6.07) is 5.73. The molecule has 0 atom stereocenters. The summed E-state index contributed by atoms with van der Waals surface area (Å²) in [7, 11) is 0. The van der Waals surface area contributed by atoms with Gasteiger partial charge in [-0.25, -0.2) is 13.8 Å². The van der Waals surface area contributed by atoms with Gasteiger partial charge in [-0.15, -0.1) is 0 Å². The quantitative estimate of drug-likeness (QED) is 0.729. The summed E-state index contributed by atoms with van der Waals surface area (Å²) in [6.07, 6.45) is 1.38. The van der Waals surface area contributed by atoms with Crippen molar-refractivity contribution in [3.8, 4) is 5.82 Å². The van der Waals surface area contributed by atoms with Gasteiger partial charge < -0.3 is 5.32 Å². The molecule has 0 aliphatic rings. The van der Waals surface area contributed by atoms with Crippen molar-refractivity contribution in [2.24, 2.45) is 0 Å². The highest BCUT2D eigenvalue weighted by molar-refractivity contribution is 6.35. The van der Waals surface area contributed by atoms with E-state index in [-0.39, 0.29) is 22.2 Å². The lowest BCUT2D eigenvalue weighted by Crippen LogP contribution is -2.17. The molecule has 1 amide bonds. The highest BCUT2D eigenvalue weighted by Crippen LogP contribution is 2.25. The summed E-state index contributed by atoms with van der Waals surface area (Å²) in [4.78, 5) is 16.4. The van der Waals surface area contributed by atoms with E-state index in [1.165, 1.54) is 16.9 Å². The molecule has 2 heterocycles. The van der Waals surface area contributed by atoms with E-state index in [2.05, 4.69) is 15.4 Å². The molecule has 0 unspecified atom stereocenters. The SMILES string of the molecule is Cc1cc(NC(=O)c2ccc(F)cc2F)n(-c2ncc(Cl)cc2Cl)n1. The summed E-state index contributed by atoms with van der Waals surface area (Å²) in [6.45, 7) is 1.70. The van der Waals surface area contributed by atoms with Crippen LogP contribution in [0.4, 0.5) is 14.6 Å². The number of aryl methyl sites for hydroxylation is 1. The van der Waals surface area contributed by atoms with Crippen LogP contribution in [0.2, 0.25) is 10.0 Å². The molecule has 128 valence electrons. The number of pyridine rings is 1. The van der Waals surface area contributed by atoms with Gasteiger partial charge in [0.05, 0.1) is 21.3 Å². The van der Waals surface area contributed by atoms with Gasteiger partial charge in [-0.1, -0.05) is 23.2 Å². The van der Waals surface area contributed by atoms with Crippen molar-refractivity contribution in [2.45, 2.75) is 6.92 Å². The molecule has 1 aromatic carbocycles. The van der Waals surface area contributed by atoms with E-state index >= 15 is 0 Å². The molecule has 5 nitrogen and oxygen atoms in total. The molecule has 3 aromatic rings. The van der Waals surface area contributed by atoms with Gasteiger partial charge in [-0.2, -0.15) is 9.78 Å². The lowest BCUT2D eigenvalue weighted by molar-refractivity contribution is 0.102. The molecule has 1 N–H and O–H groups in total. The van der Waals surface area contributed by atoms with Crippen LogP contribution in [-0.4, -0.2) is 20.7 Å². The molecule has 0 fully saturated rings. The Balaban J connectivity index is 1.97. The molecule has 25 heavy (non-hydrogen) atoms. The Labute approximate surface area is 151 Å². The van der Waals surface area contributed by atoms with Crippen LogP contribution in [0.1, 0.15) is 16.1 Å². The third-order valence-corrected chi connectivity index (χ3v) is 3.72. The number of carbonyl (C=O) groups excluding carboxylic acids is 1. The topological polar surface area (TPSA) is 59.8 Å². The van der Waals surface area contributed by atoms with Crippen molar-refractivity contribution in [1.29, 1.82) is 0 Å². The maximum atomic E-state index is 13.8. The summed E-state index contributed by atoms with van der Waals surface area (Å²) in [5.74, 6) is -2.03. The zero-order valence-electron chi connectivity index (χ0n) is 12.7. The number of carbonyl (C=O) groups is 1. The molecule has 0 radical (unpaired) electrons. The number of hydrogen-bond acceptors (Lipinski definition) is 3. The van der Waals surface area contributed by atoms with E-state index in [1.54, 1.807) is 13.0 Å². The maximum absolute atomic E-state index is 13.8. The first-order valence-corrected chi connectivity index (χ1v) is 7.75. The van der Waals surface area contributed by atoms with Crippen LogP contribution < -0.4 is 5.32 Å². The molecule has 9 heteroatoms. The minimum Gasteiger partial charge on any atom is -0.306 e. The highest BCUT2D eigenvalue weighted by atomic mass is 35.5. The van der Waals surface area contributed by atoms with E-state index in [0.29, 0.717) is 16.8 Å². The first-order chi connectivity index (χ1) is 11.8. The van der Waals surface area contributed by atoms with Gasteiger partial charge in [-0.05, 0) is 25.1 Å². The second kappa shape index (κ2) is 6.78. The average molecular weight is 383 g/mol. The summed E-state index contributed by atoms with van der Waals surface area (Å²) in [5.41, 5.74) is 0.268. The third-order valence-electron chi connectivity index (χ3n) is 3.24. The Morgan fingerprint density at radius 1 is 1.20 bits per heavy atom. The van der Waals surface area contributed by atoms with Crippen molar-refractivity contribution >= 4 is 34.9 Å². The standard InChI is InChI=1S/C16H10Cl2F2N4O/c1-8-4-14(22-16(25)11-3-2-10(19)6-13(11)20)24(23-8)15-12(18)5-9(17)7-21-15/h2-7H,1H3,(H,22,25). The smallest absolute Gasteiger partial charge is 0.259 e. The number of hydrogen-bond donors (Lipinski definition) is 1. The van der Waals surface area contributed by atoms with Crippen LogP contribution >= 0.6 is 23.2 Å². The minimum absolute atomic E-state index is 0.221. The van der Waals surface area contributed by atoms with Gasteiger partial charge in [0.25, 0.3) is 5.91 Å². The molecule has 0 aliphatic heterocycles. The minimum atomic E-state index is -0.970. The fourth-order valence-electron chi connectivity index (χ4n) is 2.17. The van der Waals surface area contributed by atoms with Gasteiger partial charge in [0, 0.05) is 18.3 Å². The Hall–Kier alpha value is -2.51. The number of rotatable bonds is 3. The number of nitrogens with zero attached hydrogens (tertiary/aromatic N) is 3. The predicted octanol–water partition coefficient (Wildman–Crippen LogP) is 4.41. The summed E-state index contributed by atoms with van der Waals surface area (Å²) >= 11 is 11.9. The van der Waals surface area contributed by atoms with Crippen molar-refractivity contribution in [3.05, 3.63) is 69.5 Å². The number of halogens is 4. The monoisotopic (exact) mass is 382 g/mol.